The molecule has 3 N–H and O–H groups in total. The Morgan fingerprint density at radius 3 is 2.54 bits per heavy atom. The van der Waals surface area contributed by atoms with Crippen molar-refractivity contribution in [2.75, 3.05) is 6.54 Å². The summed E-state index contributed by atoms with van der Waals surface area (Å²) in [7, 11) is 0. The highest BCUT2D eigenvalue weighted by molar-refractivity contribution is 5.82. The fraction of sp³-hybridized carbons (Fsp3) is 0.750. The van der Waals surface area contributed by atoms with Gasteiger partial charge in [-0.1, -0.05) is 0 Å². The maximum absolute atomic E-state index is 10.6. The van der Waals surface area contributed by atoms with Crippen LogP contribution in [0.3, 0.4) is 0 Å². The summed E-state index contributed by atoms with van der Waals surface area (Å²) in [5.74, 6) is -1.31. The van der Waals surface area contributed by atoms with Gasteiger partial charge in [-0.25, -0.2) is 4.79 Å². The van der Waals surface area contributed by atoms with Crippen molar-refractivity contribution in [2.24, 2.45) is 0 Å². The van der Waals surface area contributed by atoms with Crippen molar-refractivity contribution in [3.8, 4) is 0 Å². The van der Waals surface area contributed by atoms with Gasteiger partial charge in [0, 0.05) is 19.5 Å². The van der Waals surface area contributed by atoms with Crippen molar-refractivity contribution in [3.63, 3.8) is 0 Å². The van der Waals surface area contributed by atoms with Gasteiger partial charge in [0.15, 0.2) is 0 Å². The number of hydrogen-bond donors (Lipinski definition) is 3. The number of hydrogen-bond acceptors (Lipinski definition) is 3. The van der Waals surface area contributed by atoms with E-state index in [2.05, 4.69) is 10.6 Å². The van der Waals surface area contributed by atoms with E-state index in [0.717, 1.165) is 12.8 Å². The van der Waals surface area contributed by atoms with Crippen LogP contribution in [0.4, 0.5) is 0 Å². The number of carboxylic acid groups (broad SMARTS) is 1. The lowest BCUT2D eigenvalue weighted by molar-refractivity contribution is -0.141. The van der Waals surface area contributed by atoms with Gasteiger partial charge in [-0.05, 0) is 12.8 Å². The van der Waals surface area contributed by atoms with Crippen LogP contribution >= 0.6 is 0 Å². The van der Waals surface area contributed by atoms with E-state index >= 15 is 0 Å². The van der Waals surface area contributed by atoms with Crippen molar-refractivity contribution in [3.05, 3.63) is 0 Å². The van der Waals surface area contributed by atoms with Gasteiger partial charge < -0.3 is 15.7 Å². The Bertz CT molecular complexity index is 213. The van der Waals surface area contributed by atoms with E-state index in [1.807, 2.05) is 0 Å². The molecule has 1 rings (SSSR count). The molecule has 5 heteroatoms. The van der Waals surface area contributed by atoms with Crippen LogP contribution < -0.4 is 10.6 Å². The van der Waals surface area contributed by atoms with Gasteiger partial charge in [-0.15, -0.1) is 0 Å². The van der Waals surface area contributed by atoms with Crippen molar-refractivity contribution in [1.29, 1.82) is 0 Å². The molecule has 1 unspecified atom stereocenters. The highest BCUT2D eigenvalue weighted by atomic mass is 16.4. The molecule has 0 radical (unpaired) electrons. The van der Waals surface area contributed by atoms with E-state index in [1.165, 1.54) is 6.92 Å². The average Bonchev–Trinajstić information content (AvgIpc) is 2.79. The van der Waals surface area contributed by atoms with Gasteiger partial charge in [-0.3, -0.25) is 4.79 Å². The summed E-state index contributed by atoms with van der Waals surface area (Å²) < 4.78 is 0. The van der Waals surface area contributed by atoms with E-state index < -0.39 is 12.0 Å². The molecule has 1 aliphatic carbocycles. The SMILES string of the molecule is CC(=O)NC(CNC1CC1)C(=O)O. The summed E-state index contributed by atoms with van der Waals surface area (Å²) in [6.07, 6.45) is 2.21. The van der Waals surface area contributed by atoms with Crippen LogP contribution in [0.15, 0.2) is 0 Å². The molecule has 0 aromatic carbocycles. The summed E-state index contributed by atoms with van der Waals surface area (Å²) in [4.78, 5) is 21.2. The number of amides is 1. The van der Waals surface area contributed by atoms with Gasteiger partial charge in [0.05, 0.1) is 0 Å². The maximum Gasteiger partial charge on any atom is 0.327 e. The molecular weight excluding hydrogens is 172 g/mol. The molecule has 5 nitrogen and oxygen atoms in total. The molecule has 13 heavy (non-hydrogen) atoms. The summed E-state index contributed by atoms with van der Waals surface area (Å²) in [5, 5.41) is 14.1. The zero-order chi connectivity index (χ0) is 9.84. The smallest absolute Gasteiger partial charge is 0.327 e. The minimum atomic E-state index is -0.997. The number of carbonyl (C=O) groups excluding carboxylic acids is 1. The van der Waals surface area contributed by atoms with Crippen LogP contribution in [-0.2, 0) is 9.59 Å². The number of carbonyl (C=O) groups is 2. The average molecular weight is 186 g/mol. The Labute approximate surface area is 76.5 Å². The molecule has 0 heterocycles. The standard InChI is InChI=1S/C8H14N2O3/c1-5(11)10-7(8(12)13)4-9-6-2-3-6/h6-7,9H,2-4H2,1H3,(H,10,11)(H,12,13). The van der Waals surface area contributed by atoms with E-state index in [9.17, 15) is 9.59 Å². The number of nitrogens with one attached hydrogen (secondary N) is 2. The first kappa shape index (κ1) is 9.98. The van der Waals surface area contributed by atoms with Crippen LogP contribution in [0.1, 0.15) is 19.8 Å². The molecule has 0 spiro atoms. The second-order valence-corrected chi connectivity index (χ2v) is 3.27. The maximum atomic E-state index is 10.6. The monoisotopic (exact) mass is 186 g/mol. The summed E-state index contributed by atoms with van der Waals surface area (Å²) in [5.41, 5.74) is 0. The normalized spacial score (nSPS) is 17.9. The molecule has 1 aliphatic rings. The van der Waals surface area contributed by atoms with Gasteiger partial charge in [0.25, 0.3) is 0 Å². The third kappa shape index (κ3) is 3.89. The van der Waals surface area contributed by atoms with Crippen molar-refractivity contribution >= 4 is 11.9 Å². The van der Waals surface area contributed by atoms with E-state index in [-0.39, 0.29) is 5.91 Å². The van der Waals surface area contributed by atoms with Crippen LogP contribution in [0.5, 0.6) is 0 Å². The largest absolute Gasteiger partial charge is 0.480 e. The van der Waals surface area contributed by atoms with Crippen molar-refractivity contribution < 1.29 is 14.7 Å². The van der Waals surface area contributed by atoms with E-state index in [4.69, 9.17) is 5.11 Å². The molecule has 0 aliphatic heterocycles. The Kier molecular flexibility index (Phi) is 3.25. The molecule has 1 amide bonds. The topological polar surface area (TPSA) is 78.4 Å². The molecule has 1 atom stereocenters. The number of carboxylic acids is 1. The molecule has 0 bridgehead atoms. The minimum Gasteiger partial charge on any atom is -0.480 e. The lowest BCUT2D eigenvalue weighted by atomic mass is 10.3. The summed E-state index contributed by atoms with van der Waals surface area (Å²) in [6, 6.07) is -0.353. The lowest BCUT2D eigenvalue weighted by Crippen LogP contribution is -2.46. The first-order chi connectivity index (χ1) is 6.09. The van der Waals surface area contributed by atoms with Crippen LogP contribution in [-0.4, -0.2) is 35.6 Å². The Morgan fingerprint density at radius 2 is 2.15 bits per heavy atom. The van der Waals surface area contributed by atoms with Crippen molar-refractivity contribution in [2.45, 2.75) is 31.8 Å². The molecule has 0 aromatic heterocycles. The third-order valence-electron chi connectivity index (χ3n) is 1.86. The Balaban J connectivity index is 2.27. The fourth-order valence-corrected chi connectivity index (χ4v) is 1.02. The van der Waals surface area contributed by atoms with Gasteiger partial charge in [0.2, 0.25) is 5.91 Å². The molecule has 74 valence electrons. The third-order valence-corrected chi connectivity index (χ3v) is 1.86. The zero-order valence-electron chi connectivity index (χ0n) is 7.54. The second kappa shape index (κ2) is 4.23. The molecule has 1 fully saturated rings. The molecular formula is C8H14N2O3. The quantitative estimate of drug-likeness (QED) is 0.532. The Morgan fingerprint density at radius 1 is 1.54 bits per heavy atom. The summed E-state index contributed by atoms with van der Waals surface area (Å²) >= 11 is 0. The summed E-state index contributed by atoms with van der Waals surface area (Å²) in [6.45, 7) is 1.62. The fourth-order valence-electron chi connectivity index (χ4n) is 1.02. The van der Waals surface area contributed by atoms with Crippen LogP contribution in [0.2, 0.25) is 0 Å². The van der Waals surface area contributed by atoms with Crippen LogP contribution in [0, 0.1) is 0 Å². The van der Waals surface area contributed by atoms with Gasteiger partial charge in [0.1, 0.15) is 6.04 Å². The molecule has 0 aromatic rings. The highest BCUT2D eigenvalue weighted by Gasteiger charge is 2.24. The first-order valence-corrected chi connectivity index (χ1v) is 4.33. The lowest BCUT2D eigenvalue weighted by Gasteiger charge is -2.13. The van der Waals surface area contributed by atoms with E-state index in [1.54, 1.807) is 0 Å². The molecule has 1 saturated carbocycles. The minimum absolute atomic E-state index is 0.305. The first-order valence-electron chi connectivity index (χ1n) is 4.33. The Hall–Kier alpha value is -1.10. The predicted octanol–water partition coefficient (Wildman–Crippen LogP) is -0.672. The predicted molar refractivity (Wildman–Crippen MR) is 46.3 cm³/mol. The van der Waals surface area contributed by atoms with E-state index in [0.29, 0.717) is 12.6 Å². The number of rotatable bonds is 5. The van der Waals surface area contributed by atoms with Crippen molar-refractivity contribution in [1.82, 2.24) is 10.6 Å². The second-order valence-electron chi connectivity index (χ2n) is 3.27. The van der Waals surface area contributed by atoms with Crippen LogP contribution in [0.25, 0.3) is 0 Å². The molecule has 0 saturated heterocycles. The highest BCUT2D eigenvalue weighted by Crippen LogP contribution is 2.18. The zero-order valence-corrected chi connectivity index (χ0v) is 7.54. The number of aliphatic carboxylic acids is 1. The van der Waals surface area contributed by atoms with Gasteiger partial charge in [-0.2, -0.15) is 0 Å². The van der Waals surface area contributed by atoms with Gasteiger partial charge >= 0.3 is 5.97 Å².